The van der Waals surface area contributed by atoms with Crippen molar-refractivity contribution in [2.24, 2.45) is 5.92 Å². The molecule has 0 N–H and O–H groups in total. The summed E-state index contributed by atoms with van der Waals surface area (Å²) in [6, 6.07) is 6.06. The van der Waals surface area contributed by atoms with E-state index in [2.05, 4.69) is 26.6 Å². The third-order valence-electron chi connectivity index (χ3n) is 6.84. The number of carbonyl (C=O) groups is 1. The lowest BCUT2D eigenvalue weighted by Crippen LogP contribution is -2.47. The number of para-hydroxylation sites is 1. The van der Waals surface area contributed by atoms with Crippen molar-refractivity contribution in [2.45, 2.75) is 32.9 Å². The Balaban J connectivity index is 1.27. The minimum Gasteiger partial charge on any atom is -0.465 e. The van der Waals surface area contributed by atoms with Crippen LogP contribution in [0.4, 0.5) is 0 Å². The molecule has 35 heavy (non-hydrogen) atoms. The molecule has 0 bridgehead atoms. The highest BCUT2D eigenvalue weighted by Crippen LogP contribution is 2.35. The molecule has 188 valence electrons. The second-order valence-electron chi connectivity index (χ2n) is 9.26. The number of carbonyl (C=O) groups excluding carboxylic acids is 1. The average molecular weight is 518 g/mol. The van der Waals surface area contributed by atoms with E-state index in [0.29, 0.717) is 19.1 Å². The van der Waals surface area contributed by atoms with Crippen LogP contribution < -0.4 is 0 Å². The molecule has 1 aromatic carbocycles. The molecule has 0 aliphatic carbocycles. The van der Waals surface area contributed by atoms with Crippen molar-refractivity contribution in [3.63, 3.8) is 0 Å². The number of halogens is 1. The van der Waals surface area contributed by atoms with Gasteiger partial charge in [-0.2, -0.15) is 4.37 Å². The summed E-state index contributed by atoms with van der Waals surface area (Å²) in [6.07, 6.45) is 4.32. The fourth-order valence-corrected chi connectivity index (χ4v) is 5.94. The van der Waals surface area contributed by atoms with Gasteiger partial charge in [-0.25, -0.2) is 4.98 Å². The summed E-state index contributed by atoms with van der Waals surface area (Å²) < 4.78 is 17.6. The second kappa shape index (κ2) is 11.3. The first-order chi connectivity index (χ1) is 17.1. The zero-order valence-electron chi connectivity index (χ0n) is 20.1. The van der Waals surface area contributed by atoms with Gasteiger partial charge in [0.25, 0.3) is 0 Å². The van der Waals surface area contributed by atoms with Gasteiger partial charge in [0.2, 0.25) is 0 Å². The Morgan fingerprint density at radius 1 is 1.20 bits per heavy atom. The van der Waals surface area contributed by atoms with Crippen LogP contribution in [0.15, 0.2) is 24.4 Å². The van der Waals surface area contributed by atoms with E-state index in [1.165, 1.54) is 11.5 Å². The zero-order chi connectivity index (χ0) is 24.2. The van der Waals surface area contributed by atoms with Gasteiger partial charge < -0.3 is 14.0 Å². The first-order valence-electron chi connectivity index (χ1n) is 12.4. The van der Waals surface area contributed by atoms with Gasteiger partial charge >= 0.3 is 5.97 Å². The van der Waals surface area contributed by atoms with E-state index in [0.717, 1.165) is 97.6 Å². The lowest BCUT2D eigenvalue weighted by atomic mass is 10.0. The van der Waals surface area contributed by atoms with Gasteiger partial charge in [-0.05, 0) is 43.3 Å². The summed E-state index contributed by atoms with van der Waals surface area (Å²) in [5.74, 6) is 1.21. The van der Waals surface area contributed by atoms with Crippen LogP contribution in [-0.4, -0.2) is 82.2 Å². The number of aromatic nitrogens is 3. The maximum atomic E-state index is 11.7. The second-order valence-corrected chi connectivity index (χ2v) is 10.5. The molecule has 3 aromatic rings. The van der Waals surface area contributed by atoms with Gasteiger partial charge in [0, 0.05) is 63.1 Å². The van der Waals surface area contributed by atoms with Gasteiger partial charge in [0.1, 0.15) is 5.01 Å². The van der Waals surface area contributed by atoms with E-state index >= 15 is 0 Å². The highest BCUT2D eigenvalue weighted by Gasteiger charge is 2.23. The number of hydrogen-bond acceptors (Lipinski definition) is 8. The van der Waals surface area contributed by atoms with Gasteiger partial charge in [0.15, 0.2) is 5.82 Å². The fourth-order valence-electron chi connectivity index (χ4n) is 4.96. The van der Waals surface area contributed by atoms with Crippen molar-refractivity contribution in [1.29, 1.82) is 0 Å². The summed E-state index contributed by atoms with van der Waals surface area (Å²) in [5, 5.41) is 2.87. The third-order valence-corrected chi connectivity index (χ3v) is 7.84. The smallest absolute Gasteiger partial charge is 0.320 e. The molecular formula is C25H32ClN5O3S. The number of benzene rings is 1. The van der Waals surface area contributed by atoms with Crippen LogP contribution in [0, 0.1) is 5.92 Å². The zero-order valence-corrected chi connectivity index (χ0v) is 21.7. The van der Waals surface area contributed by atoms with Crippen LogP contribution in [0.2, 0.25) is 5.02 Å². The maximum Gasteiger partial charge on any atom is 0.320 e. The summed E-state index contributed by atoms with van der Waals surface area (Å²) in [4.78, 5) is 21.2. The first-order valence-corrected chi connectivity index (χ1v) is 13.5. The molecule has 5 rings (SSSR count). The lowest BCUT2D eigenvalue weighted by molar-refractivity contribution is -0.144. The SMILES string of the molecule is CCOC(=O)CN1CCN(Cc2nc(-c3cn(CC4CCOCC4)c4c(Cl)cccc34)ns2)CC1. The molecule has 0 radical (unpaired) electrons. The Labute approximate surface area is 214 Å². The minimum absolute atomic E-state index is 0.147. The minimum atomic E-state index is -0.147. The van der Waals surface area contributed by atoms with Crippen molar-refractivity contribution >= 4 is 40.0 Å². The molecule has 0 atom stereocenters. The molecule has 2 aliphatic rings. The van der Waals surface area contributed by atoms with E-state index in [4.69, 9.17) is 30.4 Å². The molecule has 2 aliphatic heterocycles. The van der Waals surface area contributed by atoms with Gasteiger partial charge in [-0.15, -0.1) is 0 Å². The molecule has 2 fully saturated rings. The normalized spacial score (nSPS) is 18.3. The number of hydrogen-bond donors (Lipinski definition) is 0. The van der Waals surface area contributed by atoms with Crippen LogP contribution >= 0.6 is 23.1 Å². The number of rotatable bonds is 8. The number of fused-ring (bicyclic) bond motifs is 1. The average Bonchev–Trinajstić information content (AvgIpc) is 3.46. The van der Waals surface area contributed by atoms with E-state index in [1.807, 2.05) is 19.1 Å². The summed E-state index contributed by atoms with van der Waals surface area (Å²) >= 11 is 8.12. The van der Waals surface area contributed by atoms with Crippen LogP contribution in [0.3, 0.4) is 0 Å². The lowest BCUT2D eigenvalue weighted by Gasteiger charge is -2.33. The highest BCUT2D eigenvalue weighted by molar-refractivity contribution is 7.05. The summed E-state index contributed by atoms with van der Waals surface area (Å²) in [7, 11) is 0. The standard InChI is InChI=1S/C25H32ClN5O3S/c1-2-34-23(32)17-30-10-8-29(9-11-30)16-22-27-25(28-35-22)20-15-31(14-18-6-12-33-13-7-18)24-19(20)4-3-5-21(24)26/h3-5,15,18H,2,6-14,16-17H2,1H3. The van der Waals surface area contributed by atoms with E-state index in [9.17, 15) is 4.79 Å². The molecular weight excluding hydrogens is 486 g/mol. The largest absolute Gasteiger partial charge is 0.465 e. The van der Waals surface area contributed by atoms with Gasteiger partial charge in [0.05, 0.1) is 30.2 Å². The molecule has 0 amide bonds. The Morgan fingerprint density at radius 2 is 1.97 bits per heavy atom. The number of piperazine rings is 1. The highest BCUT2D eigenvalue weighted by atomic mass is 35.5. The quantitative estimate of drug-likeness (QED) is 0.419. The monoisotopic (exact) mass is 517 g/mol. The number of esters is 1. The summed E-state index contributed by atoms with van der Waals surface area (Å²) in [6.45, 7) is 9.49. The molecule has 2 saturated heterocycles. The van der Waals surface area contributed by atoms with Crippen LogP contribution in [-0.2, 0) is 27.4 Å². The molecule has 0 unspecified atom stereocenters. The first kappa shape index (κ1) is 24.6. The molecule has 0 spiro atoms. The number of nitrogens with zero attached hydrogens (tertiary/aromatic N) is 5. The van der Waals surface area contributed by atoms with Crippen molar-refractivity contribution in [3.8, 4) is 11.4 Å². The van der Waals surface area contributed by atoms with E-state index < -0.39 is 0 Å². The molecule has 4 heterocycles. The van der Waals surface area contributed by atoms with E-state index in [1.54, 1.807) is 0 Å². The van der Waals surface area contributed by atoms with E-state index in [-0.39, 0.29) is 5.97 Å². The molecule has 2 aromatic heterocycles. The van der Waals surface area contributed by atoms with Crippen molar-refractivity contribution in [3.05, 3.63) is 34.4 Å². The Hall–Kier alpha value is -2.04. The number of ether oxygens (including phenoxy) is 2. The predicted octanol–water partition coefficient (Wildman–Crippen LogP) is 3.92. The topological polar surface area (TPSA) is 72.7 Å². The molecule has 0 saturated carbocycles. The van der Waals surface area contributed by atoms with Gasteiger partial charge in [-0.1, -0.05) is 23.7 Å². The van der Waals surface area contributed by atoms with Crippen LogP contribution in [0.1, 0.15) is 24.8 Å². The van der Waals surface area contributed by atoms with Crippen molar-refractivity contribution < 1.29 is 14.3 Å². The molecule has 8 nitrogen and oxygen atoms in total. The van der Waals surface area contributed by atoms with Crippen molar-refractivity contribution in [2.75, 3.05) is 52.5 Å². The van der Waals surface area contributed by atoms with Crippen LogP contribution in [0.5, 0.6) is 0 Å². The Bertz CT molecular complexity index is 1150. The van der Waals surface area contributed by atoms with Crippen molar-refractivity contribution in [1.82, 2.24) is 23.7 Å². The van der Waals surface area contributed by atoms with Crippen LogP contribution in [0.25, 0.3) is 22.3 Å². The Morgan fingerprint density at radius 3 is 2.74 bits per heavy atom. The molecule has 10 heteroatoms. The maximum absolute atomic E-state index is 11.7. The summed E-state index contributed by atoms with van der Waals surface area (Å²) in [5.41, 5.74) is 2.10. The predicted molar refractivity (Wildman–Crippen MR) is 138 cm³/mol. The Kier molecular flexibility index (Phi) is 7.99. The third kappa shape index (κ3) is 5.86. The fraction of sp³-hybridized carbons (Fsp3) is 0.560. The van der Waals surface area contributed by atoms with Gasteiger partial charge in [-0.3, -0.25) is 14.6 Å².